The summed E-state index contributed by atoms with van der Waals surface area (Å²) in [5.74, 6) is 1.44. The molecule has 0 heterocycles. The molecule has 3 rings (SSSR count). The van der Waals surface area contributed by atoms with Gasteiger partial charge in [-0.25, -0.2) is 9.18 Å². The lowest BCUT2D eigenvalue weighted by Crippen LogP contribution is -2.30. The molecule has 0 bridgehead atoms. The van der Waals surface area contributed by atoms with Gasteiger partial charge in [0.05, 0.1) is 6.61 Å². The molecule has 3 nitrogen and oxygen atoms in total. The van der Waals surface area contributed by atoms with Crippen LogP contribution in [0.2, 0.25) is 0 Å². The summed E-state index contributed by atoms with van der Waals surface area (Å²) in [6.45, 7) is 2.82. The second-order valence-electron chi connectivity index (χ2n) is 9.42. The Bertz CT molecular complexity index is 630. The van der Waals surface area contributed by atoms with E-state index in [9.17, 15) is 9.18 Å². The van der Waals surface area contributed by atoms with E-state index in [2.05, 4.69) is 37.6 Å². The summed E-state index contributed by atoms with van der Waals surface area (Å²) in [5.41, 5.74) is 1.43. The summed E-state index contributed by atoms with van der Waals surface area (Å²) in [7, 11) is 0. The molecule has 0 N–H and O–H groups in total. The van der Waals surface area contributed by atoms with Crippen LogP contribution in [0, 0.1) is 12.3 Å². The SMILES string of the molecule is CCCCCC[C@H](F)C(=O)OC1CCC(COc2ccc(C3CC[CH]CC3)cc2)CC1. The number of esters is 1. The zero-order chi connectivity index (χ0) is 21.9. The molecule has 2 aliphatic rings. The molecule has 1 atom stereocenters. The summed E-state index contributed by atoms with van der Waals surface area (Å²) in [4.78, 5) is 12.0. The second kappa shape index (κ2) is 13.1. The number of alkyl halides is 1. The fourth-order valence-electron chi connectivity index (χ4n) is 4.83. The van der Waals surface area contributed by atoms with Gasteiger partial charge in [-0.2, -0.15) is 0 Å². The van der Waals surface area contributed by atoms with Gasteiger partial charge in [0.1, 0.15) is 11.9 Å². The number of carbonyl (C=O) groups excluding carboxylic acids is 1. The number of benzene rings is 1. The van der Waals surface area contributed by atoms with Crippen molar-refractivity contribution in [1.29, 1.82) is 0 Å². The van der Waals surface area contributed by atoms with Crippen LogP contribution in [0.1, 0.15) is 102 Å². The lowest BCUT2D eigenvalue weighted by Gasteiger charge is -2.28. The largest absolute Gasteiger partial charge is 0.493 e. The summed E-state index contributed by atoms with van der Waals surface area (Å²) in [6, 6.07) is 8.64. The van der Waals surface area contributed by atoms with E-state index in [1.165, 1.54) is 31.2 Å². The molecule has 173 valence electrons. The van der Waals surface area contributed by atoms with E-state index < -0.39 is 12.1 Å². The van der Waals surface area contributed by atoms with Gasteiger partial charge in [-0.05, 0) is 100 Å². The van der Waals surface area contributed by atoms with Crippen LogP contribution >= 0.6 is 0 Å². The minimum atomic E-state index is -1.47. The highest BCUT2D eigenvalue weighted by atomic mass is 19.1. The van der Waals surface area contributed by atoms with Crippen LogP contribution in [0.5, 0.6) is 5.75 Å². The molecule has 0 unspecified atom stereocenters. The Hall–Kier alpha value is -1.58. The molecule has 0 aromatic heterocycles. The van der Waals surface area contributed by atoms with E-state index in [4.69, 9.17) is 9.47 Å². The monoisotopic (exact) mass is 431 g/mol. The van der Waals surface area contributed by atoms with Gasteiger partial charge in [-0.15, -0.1) is 0 Å². The first-order valence-electron chi connectivity index (χ1n) is 12.5. The Morgan fingerprint density at radius 3 is 2.39 bits per heavy atom. The highest BCUT2D eigenvalue weighted by Gasteiger charge is 2.27. The predicted octanol–water partition coefficient (Wildman–Crippen LogP) is 7.34. The lowest BCUT2D eigenvalue weighted by atomic mass is 9.84. The number of hydrogen-bond acceptors (Lipinski definition) is 3. The third kappa shape index (κ3) is 8.12. The molecule has 4 heteroatoms. The quantitative estimate of drug-likeness (QED) is 0.272. The van der Waals surface area contributed by atoms with Crippen LogP contribution in [-0.4, -0.2) is 24.9 Å². The minimum absolute atomic E-state index is 0.135. The number of halogens is 1. The van der Waals surface area contributed by atoms with Gasteiger partial charge < -0.3 is 9.47 Å². The van der Waals surface area contributed by atoms with Crippen molar-refractivity contribution in [2.75, 3.05) is 6.61 Å². The topological polar surface area (TPSA) is 35.5 Å². The van der Waals surface area contributed by atoms with E-state index >= 15 is 0 Å². The molecule has 2 fully saturated rings. The average Bonchev–Trinajstić information content (AvgIpc) is 2.82. The van der Waals surface area contributed by atoms with Crippen LogP contribution in [-0.2, 0) is 9.53 Å². The molecule has 1 radical (unpaired) electrons. The van der Waals surface area contributed by atoms with E-state index in [0.29, 0.717) is 24.9 Å². The normalized spacial score (nSPS) is 23.3. The zero-order valence-corrected chi connectivity index (χ0v) is 19.2. The van der Waals surface area contributed by atoms with Crippen LogP contribution < -0.4 is 4.74 Å². The van der Waals surface area contributed by atoms with Crippen LogP contribution in [0.3, 0.4) is 0 Å². The highest BCUT2D eigenvalue weighted by molar-refractivity contribution is 5.74. The number of ether oxygens (including phenoxy) is 2. The van der Waals surface area contributed by atoms with Gasteiger partial charge in [0.25, 0.3) is 0 Å². The molecule has 2 aliphatic carbocycles. The maximum atomic E-state index is 14.0. The first-order valence-corrected chi connectivity index (χ1v) is 12.5. The molecule has 0 amide bonds. The average molecular weight is 432 g/mol. The van der Waals surface area contributed by atoms with Crippen molar-refractivity contribution in [3.63, 3.8) is 0 Å². The fraction of sp³-hybridized carbons (Fsp3) is 0.704. The molecule has 31 heavy (non-hydrogen) atoms. The van der Waals surface area contributed by atoms with Crippen LogP contribution in [0.4, 0.5) is 4.39 Å². The molecule has 0 aliphatic heterocycles. The molecule has 1 aromatic rings. The summed E-state index contributed by atoms with van der Waals surface area (Å²) < 4.78 is 25.5. The van der Waals surface area contributed by atoms with Crippen molar-refractivity contribution in [3.8, 4) is 5.75 Å². The number of rotatable bonds is 11. The van der Waals surface area contributed by atoms with Crippen LogP contribution in [0.15, 0.2) is 24.3 Å². The minimum Gasteiger partial charge on any atom is -0.493 e. The molecular formula is C27H40FO3. The molecule has 0 spiro atoms. The second-order valence-corrected chi connectivity index (χ2v) is 9.42. The Balaban J connectivity index is 1.31. The van der Waals surface area contributed by atoms with E-state index in [-0.39, 0.29) is 6.10 Å². The third-order valence-electron chi connectivity index (χ3n) is 6.92. The number of hydrogen-bond donors (Lipinski definition) is 0. The van der Waals surface area contributed by atoms with Crippen LogP contribution in [0.25, 0.3) is 0 Å². The smallest absolute Gasteiger partial charge is 0.340 e. The summed E-state index contributed by atoms with van der Waals surface area (Å²) in [6.07, 6.45) is 13.5. The van der Waals surface area contributed by atoms with Crippen molar-refractivity contribution >= 4 is 5.97 Å². The highest BCUT2D eigenvalue weighted by Crippen LogP contribution is 2.33. The van der Waals surface area contributed by atoms with Crippen molar-refractivity contribution in [2.45, 2.75) is 109 Å². The summed E-state index contributed by atoms with van der Waals surface area (Å²) in [5, 5.41) is 0. The summed E-state index contributed by atoms with van der Waals surface area (Å²) >= 11 is 0. The predicted molar refractivity (Wildman–Crippen MR) is 123 cm³/mol. The van der Waals surface area contributed by atoms with Gasteiger partial charge in [-0.1, -0.05) is 38.3 Å². The number of unbranched alkanes of at least 4 members (excludes halogenated alkanes) is 3. The van der Waals surface area contributed by atoms with Gasteiger partial charge in [0, 0.05) is 0 Å². The number of carbonyl (C=O) groups is 1. The first kappa shape index (κ1) is 24.1. The molecule has 0 saturated heterocycles. The lowest BCUT2D eigenvalue weighted by molar-refractivity contribution is -0.157. The Kier molecular flexibility index (Phi) is 10.2. The molecular weight excluding hydrogens is 391 g/mol. The maximum absolute atomic E-state index is 14.0. The van der Waals surface area contributed by atoms with Gasteiger partial charge >= 0.3 is 5.97 Å². The third-order valence-corrected chi connectivity index (χ3v) is 6.92. The maximum Gasteiger partial charge on any atom is 0.340 e. The Labute approximate surface area is 188 Å². The first-order chi connectivity index (χ1) is 15.2. The molecule has 2 saturated carbocycles. The van der Waals surface area contributed by atoms with Gasteiger partial charge in [0.15, 0.2) is 6.17 Å². The van der Waals surface area contributed by atoms with Crippen molar-refractivity contribution in [3.05, 3.63) is 36.2 Å². The van der Waals surface area contributed by atoms with Crippen molar-refractivity contribution < 1.29 is 18.7 Å². The van der Waals surface area contributed by atoms with E-state index in [1.54, 1.807) is 0 Å². The zero-order valence-electron chi connectivity index (χ0n) is 19.2. The molecule has 1 aromatic carbocycles. The van der Waals surface area contributed by atoms with Crippen molar-refractivity contribution in [1.82, 2.24) is 0 Å². The van der Waals surface area contributed by atoms with E-state index in [0.717, 1.165) is 57.1 Å². The Morgan fingerprint density at radius 2 is 1.71 bits per heavy atom. The van der Waals surface area contributed by atoms with Gasteiger partial charge in [-0.3, -0.25) is 0 Å². The van der Waals surface area contributed by atoms with Crippen molar-refractivity contribution in [2.24, 2.45) is 5.92 Å². The van der Waals surface area contributed by atoms with Gasteiger partial charge in [0.2, 0.25) is 0 Å². The van der Waals surface area contributed by atoms with E-state index in [1.807, 2.05) is 0 Å². The Morgan fingerprint density at radius 1 is 1.00 bits per heavy atom. The fourth-order valence-corrected chi connectivity index (χ4v) is 4.83. The standard InChI is InChI=1S/C27H40FO3/c1-2-3-4-8-11-26(28)27(29)31-25-16-12-21(13-17-25)20-30-24-18-14-23(15-19-24)22-9-6-5-7-10-22/h5,14-15,18-19,21-22,25-26H,2-4,6-13,16-17,20H2,1H3/t21?,25?,26-/m0/s1.